The van der Waals surface area contributed by atoms with Crippen LogP contribution in [0.1, 0.15) is 44.9 Å². The molecule has 0 aromatic heterocycles. The highest BCUT2D eigenvalue weighted by Crippen LogP contribution is 2.41. The van der Waals surface area contributed by atoms with Crippen molar-refractivity contribution in [3.8, 4) is 0 Å². The highest BCUT2D eigenvalue weighted by molar-refractivity contribution is 6.20. The van der Waals surface area contributed by atoms with Crippen molar-refractivity contribution < 1.29 is 0 Å². The molecular formula is C10H17Cl. The molecule has 64 valence electrons. The molecule has 0 N–H and O–H groups in total. The lowest BCUT2D eigenvalue weighted by molar-refractivity contribution is 0.174. The standard InChI is InChI=1S/C10H17Cl/c11-10-6-5-8-3-1-2-4-9(8)7-10/h8-10H,1-7H2. The summed E-state index contributed by atoms with van der Waals surface area (Å²) < 4.78 is 0. The lowest BCUT2D eigenvalue weighted by Gasteiger charge is -2.37. The van der Waals surface area contributed by atoms with Crippen LogP contribution >= 0.6 is 11.6 Å². The molecule has 0 aliphatic heterocycles. The van der Waals surface area contributed by atoms with Gasteiger partial charge in [-0.1, -0.05) is 25.7 Å². The largest absolute Gasteiger partial charge is 0.123 e. The third-order valence-electron chi connectivity index (χ3n) is 3.48. The Hall–Kier alpha value is 0.290. The van der Waals surface area contributed by atoms with E-state index in [9.17, 15) is 0 Å². The summed E-state index contributed by atoms with van der Waals surface area (Å²) in [4.78, 5) is 0. The predicted molar refractivity (Wildman–Crippen MR) is 48.9 cm³/mol. The molecule has 2 aliphatic rings. The van der Waals surface area contributed by atoms with Crippen molar-refractivity contribution >= 4 is 11.6 Å². The second kappa shape index (κ2) is 3.35. The van der Waals surface area contributed by atoms with Crippen molar-refractivity contribution in [3.05, 3.63) is 0 Å². The number of hydrogen-bond acceptors (Lipinski definition) is 0. The zero-order valence-corrected chi connectivity index (χ0v) is 7.82. The molecule has 3 atom stereocenters. The third kappa shape index (κ3) is 1.72. The summed E-state index contributed by atoms with van der Waals surface area (Å²) in [6.45, 7) is 0. The monoisotopic (exact) mass is 172 g/mol. The topological polar surface area (TPSA) is 0 Å². The molecule has 0 amide bonds. The van der Waals surface area contributed by atoms with Crippen LogP contribution in [0.15, 0.2) is 0 Å². The maximum absolute atomic E-state index is 6.14. The number of hydrogen-bond donors (Lipinski definition) is 0. The highest BCUT2D eigenvalue weighted by Gasteiger charge is 2.30. The third-order valence-corrected chi connectivity index (χ3v) is 3.87. The Morgan fingerprint density at radius 3 is 2.36 bits per heavy atom. The van der Waals surface area contributed by atoms with Crippen molar-refractivity contribution in [1.82, 2.24) is 0 Å². The van der Waals surface area contributed by atoms with Crippen LogP contribution in [0.2, 0.25) is 0 Å². The van der Waals surface area contributed by atoms with Gasteiger partial charge < -0.3 is 0 Å². The molecule has 2 rings (SSSR count). The molecule has 0 saturated heterocycles. The van der Waals surface area contributed by atoms with Gasteiger partial charge in [0.1, 0.15) is 0 Å². The van der Waals surface area contributed by atoms with Gasteiger partial charge in [0.25, 0.3) is 0 Å². The second-order valence-corrected chi connectivity index (χ2v) is 4.83. The van der Waals surface area contributed by atoms with Gasteiger partial charge in [0, 0.05) is 5.38 Å². The molecular weight excluding hydrogens is 156 g/mol. The number of halogens is 1. The average molecular weight is 173 g/mol. The first kappa shape index (κ1) is 7.91. The van der Waals surface area contributed by atoms with Crippen LogP contribution in [0, 0.1) is 11.8 Å². The fraction of sp³-hybridized carbons (Fsp3) is 1.00. The molecule has 0 spiro atoms. The lowest BCUT2D eigenvalue weighted by atomic mass is 9.71. The van der Waals surface area contributed by atoms with Crippen LogP contribution in [0.5, 0.6) is 0 Å². The summed E-state index contributed by atoms with van der Waals surface area (Å²) in [6.07, 6.45) is 9.91. The van der Waals surface area contributed by atoms with Crippen LogP contribution in [0.25, 0.3) is 0 Å². The number of fused-ring (bicyclic) bond motifs is 1. The number of rotatable bonds is 0. The molecule has 2 fully saturated rings. The number of alkyl halides is 1. The summed E-state index contributed by atoms with van der Waals surface area (Å²) in [5, 5.41) is 0.509. The summed E-state index contributed by atoms with van der Waals surface area (Å²) in [5.41, 5.74) is 0. The van der Waals surface area contributed by atoms with Crippen LogP contribution < -0.4 is 0 Å². The van der Waals surface area contributed by atoms with Gasteiger partial charge >= 0.3 is 0 Å². The van der Waals surface area contributed by atoms with Crippen molar-refractivity contribution in [2.75, 3.05) is 0 Å². The van der Waals surface area contributed by atoms with E-state index in [1.165, 1.54) is 44.9 Å². The maximum atomic E-state index is 6.14. The first-order valence-electron chi connectivity index (χ1n) is 5.00. The molecule has 0 bridgehead atoms. The Morgan fingerprint density at radius 2 is 1.55 bits per heavy atom. The molecule has 11 heavy (non-hydrogen) atoms. The van der Waals surface area contributed by atoms with Gasteiger partial charge in [-0.05, 0) is 31.1 Å². The predicted octanol–water partition coefficient (Wildman–Crippen LogP) is 3.58. The summed E-state index contributed by atoms with van der Waals surface area (Å²) in [5.74, 6) is 2.05. The van der Waals surface area contributed by atoms with Crippen LogP contribution in [-0.4, -0.2) is 5.38 Å². The smallest absolute Gasteiger partial charge is 0.0338 e. The lowest BCUT2D eigenvalue weighted by Crippen LogP contribution is -2.27. The molecule has 1 heteroatoms. The molecule has 0 aromatic carbocycles. The van der Waals surface area contributed by atoms with Crippen LogP contribution in [-0.2, 0) is 0 Å². The zero-order chi connectivity index (χ0) is 7.68. The molecule has 0 nitrogen and oxygen atoms in total. The molecule has 2 aliphatic carbocycles. The van der Waals surface area contributed by atoms with E-state index in [2.05, 4.69) is 0 Å². The van der Waals surface area contributed by atoms with E-state index in [1.807, 2.05) is 0 Å². The first-order chi connectivity index (χ1) is 5.36. The van der Waals surface area contributed by atoms with Gasteiger partial charge in [-0.25, -0.2) is 0 Å². The molecule has 3 unspecified atom stereocenters. The van der Waals surface area contributed by atoms with Crippen LogP contribution in [0.4, 0.5) is 0 Å². The Balaban J connectivity index is 1.93. The zero-order valence-electron chi connectivity index (χ0n) is 7.06. The average Bonchev–Trinajstić information content (AvgIpc) is 2.04. The van der Waals surface area contributed by atoms with Crippen molar-refractivity contribution in [2.45, 2.75) is 50.3 Å². The highest BCUT2D eigenvalue weighted by atomic mass is 35.5. The molecule has 0 heterocycles. The summed E-state index contributed by atoms with van der Waals surface area (Å²) >= 11 is 6.14. The van der Waals surface area contributed by atoms with Crippen molar-refractivity contribution in [2.24, 2.45) is 11.8 Å². The SMILES string of the molecule is ClC1CCC2CCCCC2C1. The Kier molecular flexibility index (Phi) is 2.41. The fourth-order valence-corrected chi connectivity index (χ4v) is 3.17. The van der Waals surface area contributed by atoms with Gasteiger partial charge in [-0.3, -0.25) is 0 Å². The normalized spacial score (nSPS) is 45.0. The van der Waals surface area contributed by atoms with E-state index >= 15 is 0 Å². The second-order valence-electron chi connectivity index (χ2n) is 4.21. The van der Waals surface area contributed by atoms with Crippen molar-refractivity contribution in [1.29, 1.82) is 0 Å². The van der Waals surface area contributed by atoms with Gasteiger partial charge in [-0.15, -0.1) is 11.6 Å². The first-order valence-corrected chi connectivity index (χ1v) is 5.44. The minimum Gasteiger partial charge on any atom is -0.123 e. The van der Waals surface area contributed by atoms with E-state index in [1.54, 1.807) is 0 Å². The minimum atomic E-state index is 0.509. The molecule has 2 saturated carbocycles. The van der Waals surface area contributed by atoms with Crippen molar-refractivity contribution in [3.63, 3.8) is 0 Å². The Morgan fingerprint density at radius 1 is 0.818 bits per heavy atom. The Labute approximate surface area is 74.3 Å². The summed E-state index contributed by atoms with van der Waals surface area (Å²) in [7, 11) is 0. The minimum absolute atomic E-state index is 0.509. The van der Waals surface area contributed by atoms with E-state index < -0.39 is 0 Å². The quantitative estimate of drug-likeness (QED) is 0.490. The summed E-state index contributed by atoms with van der Waals surface area (Å²) in [6, 6.07) is 0. The van der Waals surface area contributed by atoms with E-state index in [-0.39, 0.29) is 0 Å². The van der Waals surface area contributed by atoms with E-state index in [0.717, 1.165) is 11.8 Å². The van der Waals surface area contributed by atoms with Crippen LogP contribution in [0.3, 0.4) is 0 Å². The Bertz CT molecular complexity index is 133. The van der Waals surface area contributed by atoms with E-state index in [4.69, 9.17) is 11.6 Å². The maximum Gasteiger partial charge on any atom is 0.0338 e. The molecule has 0 radical (unpaired) electrons. The fourth-order valence-electron chi connectivity index (χ4n) is 2.82. The molecule has 0 aromatic rings. The van der Waals surface area contributed by atoms with Gasteiger partial charge in [0.2, 0.25) is 0 Å². The van der Waals surface area contributed by atoms with Gasteiger partial charge in [0.15, 0.2) is 0 Å². The van der Waals surface area contributed by atoms with Gasteiger partial charge in [-0.2, -0.15) is 0 Å². The van der Waals surface area contributed by atoms with Gasteiger partial charge in [0.05, 0.1) is 0 Å². The van der Waals surface area contributed by atoms with E-state index in [0.29, 0.717) is 5.38 Å².